The maximum Gasteiger partial charge on any atom is 0.202 e. The minimum absolute atomic E-state index is 0.124. The van der Waals surface area contributed by atoms with Crippen LogP contribution in [-0.4, -0.2) is 22.8 Å². The number of nitrogens with zero attached hydrogens (tertiary/aromatic N) is 1. The summed E-state index contributed by atoms with van der Waals surface area (Å²) in [6.45, 7) is 0. The van der Waals surface area contributed by atoms with E-state index in [4.69, 9.17) is 0 Å². The highest BCUT2D eigenvalue weighted by atomic mass is 32.4. The van der Waals surface area contributed by atoms with Crippen LogP contribution in [0.4, 0.5) is 0 Å². The molecule has 0 amide bonds. The second-order valence-electron chi connectivity index (χ2n) is 2.72. The Bertz CT molecular complexity index is 513. The van der Waals surface area contributed by atoms with Crippen LogP contribution in [0.5, 0.6) is 0 Å². The topological polar surface area (TPSA) is 47.0 Å². The van der Waals surface area contributed by atoms with E-state index in [1.807, 2.05) is 24.3 Å². The predicted octanol–water partition coefficient (Wildman–Crippen LogP) is 0.350. The molecule has 0 bridgehead atoms. The monoisotopic (exact) mass is 229 g/mol. The fourth-order valence-corrected chi connectivity index (χ4v) is 3.87. The largest absolute Gasteiger partial charge is 0.230 e. The first kappa shape index (κ1) is 8.86. The molecule has 0 aliphatic rings. The van der Waals surface area contributed by atoms with Gasteiger partial charge in [0.15, 0.2) is 18.7 Å². The summed E-state index contributed by atoms with van der Waals surface area (Å²) in [7, 11) is -2.89. The Balaban J connectivity index is 2.77. The first-order valence-corrected chi connectivity index (χ1v) is 8.79. The SMILES string of the molecule is O=S(=O)([SiH3])c1nc2ccccc2s1. The van der Waals surface area contributed by atoms with E-state index in [9.17, 15) is 8.42 Å². The van der Waals surface area contributed by atoms with E-state index in [0.29, 0.717) is 0 Å². The van der Waals surface area contributed by atoms with Gasteiger partial charge in [-0.15, -0.1) is 11.3 Å². The average molecular weight is 229 g/mol. The second kappa shape index (κ2) is 2.90. The molecule has 0 spiro atoms. The van der Waals surface area contributed by atoms with Crippen LogP contribution in [-0.2, 0) is 9.29 Å². The molecule has 1 aromatic heterocycles. The lowest BCUT2D eigenvalue weighted by molar-refractivity contribution is 0.609. The van der Waals surface area contributed by atoms with Gasteiger partial charge in [-0.25, -0.2) is 13.4 Å². The summed E-state index contributed by atoms with van der Waals surface area (Å²) in [6, 6.07) is 7.43. The molecular weight excluding hydrogens is 222 g/mol. The van der Waals surface area contributed by atoms with Crippen molar-refractivity contribution in [2.75, 3.05) is 0 Å². The maximum atomic E-state index is 11.2. The summed E-state index contributed by atoms with van der Waals surface area (Å²) >= 11 is 1.24. The van der Waals surface area contributed by atoms with Crippen LogP contribution in [0.3, 0.4) is 0 Å². The Kier molecular flexibility index (Phi) is 1.97. The fraction of sp³-hybridized carbons (Fsp3) is 0. The van der Waals surface area contributed by atoms with Crippen LogP contribution in [0.15, 0.2) is 28.6 Å². The van der Waals surface area contributed by atoms with Crippen molar-refractivity contribution in [3.8, 4) is 0 Å². The number of rotatable bonds is 1. The molecule has 13 heavy (non-hydrogen) atoms. The number of para-hydroxylation sites is 1. The summed E-state index contributed by atoms with van der Waals surface area (Å²) in [5.74, 6) is 0. The molecule has 0 N–H and O–H groups in total. The molecule has 68 valence electrons. The molecule has 0 aliphatic carbocycles. The van der Waals surface area contributed by atoms with Crippen molar-refractivity contribution >= 4 is 40.2 Å². The number of aromatic nitrogens is 1. The normalized spacial score (nSPS) is 12.3. The van der Waals surface area contributed by atoms with Gasteiger partial charge >= 0.3 is 0 Å². The molecule has 0 saturated heterocycles. The highest BCUT2D eigenvalue weighted by Gasteiger charge is 2.12. The van der Waals surface area contributed by atoms with Gasteiger partial charge < -0.3 is 0 Å². The van der Waals surface area contributed by atoms with Crippen LogP contribution in [0.25, 0.3) is 10.2 Å². The summed E-state index contributed by atoms with van der Waals surface area (Å²) in [4.78, 5) is 4.05. The molecule has 0 saturated carbocycles. The fourth-order valence-electron chi connectivity index (χ4n) is 1.01. The smallest absolute Gasteiger partial charge is 0.202 e. The van der Waals surface area contributed by atoms with E-state index in [1.54, 1.807) is 0 Å². The first-order valence-electron chi connectivity index (χ1n) is 3.63. The van der Waals surface area contributed by atoms with Gasteiger partial charge in [-0.2, -0.15) is 0 Å². The molecule has 0 unspecified atom stereocenters. The van der Waals surface area contributed by atoms with Crippen LogP contribution in [0.2, 0.25) is 0 Å². The minimum atomic E-state index is -3.02. The quantitative estimate of drug-likeness (QED) is 0.663. The Labute approximate surface area is 82.4 Å². The van der Waals surface area contributed by atoms with Gasteiger partial charge in [0.05, 0.1) is 10.2 Å². The average Bonchev–Trinajstić information content (AvgIpc) is 2.45. The second-order valence-corrected chi connectivity index (χ2v) is 9.16. The molecule has 3 nitrogen and oxygen atoms in total. The number of thiazole rings is 1. The lowest BCUT2D eigenvalue weighted by Gasteiger charge is -1.85. The van der Waals surface area contributed by atoms with Crippen LogP contribution in [0, 0.1) is 0 Å². The van der Waals surface area contributed by atoms with Crippen molar-refractivity contribution in [3.05, 3.63) is 24.3 Å². The van der Waals surface area contributed by atoms with Crippen LogP contribution in [0.1, 0.15) is 0 Å². The van der Waals surface area contributed by atoms with Gasteiger partial charge in [0.25, 0.3) is 0 Å². The summed E-state index contributed by atoms with van der Waals surface area (Å²) in [5, 5.41) is 0. The first-order chi connectivity index (χ1) is 6.07. The minimum Gasteiger partial charge on any atom is -0.230 e. The van der Waals surface area contributed by atoms with E-state index in [2.05, 4.69) is 4.98 Å². The highest BCUT2D eigenvalue weighted by Crippen LogP contribution is 2.24. The van der Waals surface area contributed by atoms with Crippen LogP contribution < -0.4 is 0 Å². The molecule has 2 rings (SSSR count). The van der Waals surface area contributed by atoms with Gasteiger partial charge in [-0.1, -0.05) is 12.1 Å². The van der Waals surface area contributed by atoms with Crippen molar-refractivity contribution < 1.29 is 8.42 Å². The molecule has 0 fully saturated rings. The zero-order chi connectivity index (χ0) is 9.47. The van der Waals surface area contributed by atoms with Gasteiger partial charge in [-0.05, 0) is 12.1 Å². The molecule has 1 heterocycles. The number of hydrogen-bond acceptors (Lipinski definition) is 4. The van der Waals surface area contributed by atoms with Crippen LogP contribution >= 0.6 is 11.3 Å². The molecular formula is C7H7NO2S2Si. The third kappa shape index (κ3) is 1.65. The van der Waals surface area contributed by atoms with Crippen molar-refractivity contribution in [1.29, 1.82) is 0 Å². The standard InChI is InChI=1S/C7H7NO2S2Si/c9-12(10,13)7-8-5-3-1-2-4-6(5)11-7/h1-4H,13H3. The lowest BCUT2D eigenvalue weighted by atomic mass is 10.3. The van der Waals surface area contributed by atoms with Gasteiger partial charge in [-0.3, -0.25) is 0 Å². The molecule has 2 aromatic rings. The maximum absolute atomic E-state index is 11.2. The summed E-state index contributed by atoms with van der Waals surface area (Å²) in [5.41, 5.74) is 0.766. The number of benzene rings is 1. The Morgan fingerprint density at radius 2 is 2.00 bits per heavy atom. The zero-order valence-corrected chi connectivity index (χ0v) is 10.5. The van der Waals surface area contributed by atoms with Crippen molar-refractivity contribution in [2.24, 2.45) is 0 Å². The molecule has 0 atom stereocenters. The van der Waals surface area contributed by atoms with Crippen molar-refractivity contribution in [1.82, 2.24) is 4.98 Å². The predicted molar refractivity (Wildman–Crippen MR) is 56.7 cm³/mol. The Hall–Kier alpha value is -0.723. The molecule has 6 heteroatoms. The van der Waals surface area contributed by atoms with Gasteiger partial charge in [0.1, 0.15) is 0 Å². The van der Waals surface area contributed by atoms with E-state index in [1.165, 1.54) is 11.3 Å². The zero-order valence-electron chi connectivity index (χ0n) is 6.89. The summed E-state index contributed by atoms with van der Waals surface area (Å²) < 4.78 is 23.6. The number of fused-ring (bicyclic) bond motifs is 1. The van der Waals surface area contributed by atoms with Crippen molar-refractivity contribution in [3.63, 3.8) is 0 Å². The molecule has 0 aliphatic heterocycles. The van der Waals surface area contributed by atoms with Crippen molar-refractivity contribution in [2.45, 2.75) is 4.34 Å². The third-order valence-corrected chi connectivity index (χ3v) is 6.35. The van der Waals surface area contributed by atoms with E-state index in [0.717, 1.165) is 10.2 Å². The Morgan fingerprint density at radius 1 is 1.31 bits per heavy atom. The number of hydrogen-bond donors (Lipinski definition) is 0. The van der Waals surface area contributed by atoms with E-state index in [-0.39, 0.29) is 13.7 Å². The lowest BCUT2D eigenvalue weighted by Crippen LogP contribution is -1.97. The Morgan fingerprint density at radius 3 is 2.62 bits per heavy atom. The van der Waals surface area contributed by atoms with E-state index >= 15 is 0 Å². The summed E-state index contributed by atoms with van der Waals surface area (Å²) in [6.07, 6.45) is 0. The molecule has 0 radical (unpaired) electrons. The highest BCUT2D eigenvalue weighted by molar-refractivity contribution is 8.13. The third-order valence-electron chi connectivity index (χ3n) is 1.59. The van der Waals surface area contributed by atoms with Gasteiger partial charge in [0, 0.05) is 0 Å². The molecule has 1 aromatic carbocycles. The van der Waals surface area contributed by atoms with Gasteiger partial charge in [0.2, 0.25) is 4.34 Å². The van der Waals surface area contributed by atoms with E-state index < -0.39 is 9.29 Å².